The Bertz CT molecular complexity index is 681. The van der Waals surface area contributed by atoms with Crippen molar-refractivity contribution < 1.29 is 13.2 Å². The van der Waals surface area contributed by atoms with Gasteiger partial charge in [-0.25, -0.2) is 9.97 Å². The summed E-state index contributed by atoms with van der Waals surface area (Å²) in [6, 6.07) is 2.02. The molecule has 3 rings (SSSR count). The number of anilines is 1. The number of aromatic nitrogens is 2. The van der Waals surface area contributed by atoms with Crippen molar-refractivity contribution in [3.63, 3.8) is 0 Å². The third-order valence-electron chi connectivity index (χ3n) is 5.67. The molecule has 7 nitrogen and oxygen atoms in total. The smallest absolute Gasteiger partial charge is 0.357 e. The van der Waals surface area contributed by atoms with E-state index >= 15 is 0 Å². The van der Waals surface area contributed by atoms with Crippen LogP contribution in [0.4, 0.5) is 19.1 Å². The standard InChI is InChI=1S/C20H32F3N7/c1-2-24-18(28-15-8-13-30(14-9-15)16-5-3-4-6-16)26-11-12-27-19-25-10-7-17(29-19)20(21,22)23/h7,10,15-16H,2-6,8-9,11-14H2,1H3,(H2,24,26,28)(H,25,27,29). The first-order chi connectivity index (χ1) is 14.5. The fraction of sp³-hybridized carbons (Fsp3) is 0.750. The molecule has 1 aromatic rings. The molecule has 0 spiro atoms. The summed E-state index contributed by atoms with van der Waals surface area (Å²) in [6.07, 6.45) is 4.21. The zero-order valence-corrected chi connectivity index (χ0v) is 17.5. The van der Waals surface area contributed by atoms with Crippen LogP contribution in [0.2, 0.25) is 0 Å². The first-order valence-electron chi connectivity index (χ1n) is 10.9. The maximum absolute atomic E-state index is 12.7. The second kappa shape index (κ2) is 10.8. The number of likely N-dealkylation sites (tertiary alicyclic amines) is 1. The highest BCUT2D eigenvalue weighted by Crippen LogP contribution is 2.27. The lowest BCUT2D eigenvalue weighted by Crippen LogP contribution is -2.50. The van der Waals surface area contributed by atoms with Gasteiger partial charge >= 0.3 is 6.18 Å². The predicted octanol–water partition coefficient (Wildman–Crippen LogP) is 2.87. The van der Waals surface area contributed by atoms with Gasteiger partial charge < -0.3 is 20.9 Å². The molecule has 30 heavy (non-hydrogen) atoms. The first kappa shape index (κ1) is 22.6. The number of alkyl halides is 3. The van der Waals surface area contributed by atoms with Crippen molar-refractivity contribution in [1.29, 1.82) is 0 Å². The third kappa shape index (κ3) is 6.72. The number of nitrogens with one attached hydrogen (secondary N) is 3. The number of aliphatic imine (C=N–C) groups is 1. The van der Waals surface area contributed by atoms with Crippen LogP contribution < -0.4 is 16.0 Å². The maximum Gasteiger partial charge on any atom is 0.433 e. The van der Waals surface area contributed by atoms with Crippen LogP contribution >= 0.6 is 0 Å². The number of hydrogen-bond donors (Lipinski definition) is 3. The molecule has 168 valence electrons. The van der Waals surface area contributed by atoms with Crippen LogP contribution in [-0.2, 0) is 6.18 Å². The molecule has 2 aliphatic rings. The van der Waals surface area contributed by atoms with Crippen LogP contribution in [0.1, 0.15) is 51.1 Å². The number of hydrogen-bond acceptors (Lipinski definition) is 5. The van der Waals surface area contributed by atoms with Gasteiger partial charge in [0.15, 0.2) is 5.96 Å². The monoisotopic (exact) mass is 427 g/mol. The molecule has 1 saturated carbocycles. The fourth-order valence-corrected chi connectivity index (χ4v) is 4.13. The Morgan fingerprint density at radius 3 is 2.60 bits per heavy atom. The topological polar surface area (TPSA) is 77.5 Å². The molecule has 0 radical (unpaired) electrons. The SMILES string of the molecule is CCNC(=NCCNc1nccc(C(F)(F)F)n1)NC1CCN(C2CCCC2)CC1. The van der Waals surface area contributed by atoms with Crippen molar-refractivity contribution in [2.24, 2.45) is 4.99 Å². The minimum absolute atomic E-state index is 0.0442. The van der Waals surface area contributed by atoms with Gasteiger partial charge in [0.2, 0.25) is 5.95 Å². The van der Waals surface area contributed by atoms with E-state index in [1.165, 1.54) is 25.7 Å². The van der Waals surface area contributed by atoms with E-state index in [9.17, 15) is 13.2 Å². The summed E-state index contributed by atoms with van der Waals surface area (Å²) in [5.41, 5.74) is -0.956. The Labute approximate surface area is 175 Å². The van der Waals surface area contributed by atoms with Crippen molar-refractivity contribution >= 4 is 11.9 Å². The van der Waals surface area contributed by atoms with E-state index in [2.05, 4.69) is 35.8 Å². The number of halogens is 3. The molecule has 0 atom stereocenters. The van der Waals surface area contributed by atoms with E-state index in [4.69, 9.17) is 0 Å². The summed E-state index contributed by atoms with van der Waals surface area (Å²) in [5.74, 6) is 0.695. The Morgan fingerprint density at radius 2 is 1.93 bits per heavy atom. The number of piperidine rings is 1. The Balaban J connectivity index is 1.43. The number of guanidine groups is 1. The van der Waals surface area contributed by atoms with Gasteiger partial charge in [-0.1, -0.05) is 12.8 Å². The zero-order chi connectivity index (χ0) is 21.4. The predicted molar refractivity (Wildman–Crippen MR) is 111 cm³/mol. The van der Waals surface area contributed by atoms with Gasteiger partial charge in [0.05, 0.1) is 6.54 Å². The highest BCUT2D eigenvalue weighted by Gasteiger charge is 2.32. The molecule has 1 saturated heterocycles. The van der Waals surface area contributed by atoms with Crippen LogP contribution in [0.15, 0.2) is 17.3 Å². The molecule has 0 unspecified atom stereocenters. The summed E-state index contributed by atoms with van der Waals surface area (Å²) in [7, 11) is 0. The Kier molecular flexibility index (Phi) is 8.12. The van der Waals surface area contributed by atoms with Crippen LogP contribution in [-0.4, -0.2) is 65.6 Å². The molecule has 0 amide bonds. The van der Waals surface area contributed by atoms with E-state index in [-0.39, 0.29) is 5.95 Å². The molecule has 0 aromatic carbocycles. The molecule has 10 heteroatoms. The molecule has 2 fully saturated rings. The second-order valence-corrected chi connectivity index (χ2v) is 7.84. The van der Waals surface area contributed by atoms with E-state index in [0.717, 1.165) is 56.7 Å². The fourth-order valence-electron chi connectivity index (χ4n) is 4.13. The average Bonchev–Trinajstić information content (AvgIpc) is 3.26. The lowest BCUT2D eigenvalue weighted by molar-refractivity contribution is -0.141. The van der Waals surface area contributed by atoms with E-state index < -0.39 is 11.9 Å². The molecule has 3 N–H and O–H groups in total. The summed E-state index contributed by atoms with van der Waals surface area (Å²) in [6.45, 7) is 5.74. The van der Waals surface area contributed by atoms with Crippen LogP contribution in [0.3, 0.4) is 0 Å². The molecule has 0 bridgehead atoms. The molecule has 2 heterocycles. The first-order valence-corrected chi connectivity index (χ1v) is 10.9. The average molecular weight is 428 g/mol. The molecule has 1 aliphatic heterocycles. The lowest BCUT2D eigenvalue weighted by Gasteiger charge is -2.36. The summed E-state index contributed by atoms with van der Waals surface area (Å²) < 4.78 is 38.2. The second-order valence-electron chi connectivity index (χ2n) is 7.84. The van der Waals surface area contributed by atoms with Crippen molar-refractivity contribution in [3.8, 4) is 0 Å². The highest BCUT2D eigenvalue weighted by atomic mass is 19.4. The van der Waals surface area contributed by atoms with E-state index in [1.807, 2.05) is 6.92 Å². The Hall–Kier alpha value is -2.10. The van der Waals surface area contributed by atoms with Gasteiger partial charge in [0, 0.05) is 44.5 Å². The summed E-state index contributed by atoms with van der Waals surface area (Å²) >= 11 is 0. The third-order valence-corrected chi connectivity index (χ3v) is 5.67. The minimum Gasteiger partial charge on any atom is -0.357 e. The normalized spacial score (nSPS) is 19.8. The van der Waals surface area contributed by atoms with Crippen LogP contribution in [0.5, 0.6) is 0 Å². The quantitative estimate of drug-likeness (QED) is 0.353. The maximum atomic E-state index is 12.7. The molecule has 1 aliphatic carbocycles. The largest absolute Gasteiger partial charge is 0.433 e. The summed E-state index contributed by atoms with van der Waals surface area (Å²) in [5, 5.41) is 9.55. The summed E-state index contributed by atoms with van der Waals surface area (Å²) in [4.78, 5) is 14.5. The highest BCUT2D eigenvalue weighted by molar-refractivity contribution is 5.80. The molecular weight excluding hydrogens is 395 g/mol. The zero-order valence-electron chi connectivity index (χ0n) is 17.5. The molecule has 1 aromatic heterocycles. The van der Waals surface area contributed by atoms with Gasteiger partial charge in [-0.05, 0) is 38.7 Å². The van der Waals surface area contributed by atoms with E-state index in [1.54, 1.807) is 0 Å². The lowest BCUT2D eigenvalue weighted by atomic mass is 10.0. The van der Waals surface area contributed by atoms with Gasteiger partial charge in [-0.2, -0.15) is 13.2 Å². The van der Waals surface area contributed by atoms with E-state index in [0.29, 0.717) is 19.1 Å². The van der Waals surface area contributed by atoms with Crippen LogP contribution in [0.25, 0.3) is 0 Å². The van der Waals surface area contributed by atoms with Gasteiger partial charge in [0.1, 0.15) is 5.69 Å². The van der Waals surface area contributed by atoms with Gasteiger partial charge in [-0.3, -0.25) is 4.99 Å². The number of nitrogens with zero attached hydrogens (tertiary/aromatic N) is 4. The van der Waals surface area contributed by atoms with Crippen molar-refractivity contribution in [2.75, 3.05) is 38.0 Å². The van der Waals surface area contributed by atoms with Crippen molar-refractivity contribution in [2.45, 2.75) is 63.7 Å². The van der Waals surface area contributed by atoms with Crippen molar-refractivity contribution in [1.82, 2.24) is 25.5 Å². The molecular formula is C20H32F3N7. The Morgan fingerprint density at radius 1 is 1.20 bits per heavy atom. The number of rotatable bonds is 7. The van der Waals surface area contributed by atoms with Gasteiger partial charge in [-0.15, -0.1) is 0 Å². The minimum atomic E-state index is -4.48. The van der Waals surface area contributed by atoms with Gasteiger partial charge in [0.25, 0.3) is 0 Å². The van der Waals surface area contributed by atoms with Crippen molar-refractivity contribution in [3.05, 3.63) is 18.0 Å². The van der Waals surface area contributed by atoms with Crippen LogP contribution in [0, 0.1) is 0 Å².